The highest BCUT2D eigenvalue weighted by Crippen LogP contribution is 2.43. The molecule has 0 aromatic heterocycles. The monoisotopic (exact) mass is 836 g/mol. The molecule has 59 heavy (non-hydrogen) atoms. The van der Waals surface area contributed by atoms with Gasteiger partial charge in [-0.15, -0.1) is 6.42 Å². The zero-order valence-electron chi connectivity index (χ0n) is 34.4. The maximum absolute atomic E-state index is 13.2. The Morgan fingerprint density at radius 3 is 1.42 bits per heavy atom. The number of hydrogen-bond acceptors (Lipinski definition) is 13. The molecule has 0 saturated carbocycles. The van der Waals surface area contributed by atoms with Crippen LogP contribution < -0.4 is 37.9 Å². The topological polar surface area (TPSA) is 148 Å². The van der Waals surface area contributed by atoms with Gasteiger partial charge in [-0.05, 0) is 83.8 Å². The van der Waals surface area contributed by atoms with Crippen molar-refractivity contribution in [2.75, 3.05) is 62.1 Å². The van der Waals surface area contributed by atoms with Gasteiger partial charge < -0.3 is 61.7 Å². The van der Waals surface area contributed by atoms with Crippen LogP contribution in [0.1, 0.15) is 23.1 Å². The van der Waals surface area contributed by atoms with Crippen LogP contribution in [0.25, 0.3) is 0 Å². The number of rotatable bonds is 22. The van der Waals surface area contributed by atoms with E-state index in [1.54, 1.807) is 92.2 Å². The molecule has 1 N–H and O–H groups in total. The van der Waals surface area contributed by atoms with Crippen molar-refractivity contribution in [1.29, 1.82) is 0 Å². The maximum Gasteiger partial charge on any atom is 0.229 e. The van der Waals surface area contributed by atoms with Crippen molar-refractivity contribution in [2.45, 2.75) is 56.9 Å². The Kier molecular flexibility index (Phi) is 16.6. The molecule has 1 fully saturated rings. The fourth-order valence-electron chi connectivity index (χ4n) is 6.60. The van der Waals surface area contributed by atoms with Crippen molar-refractivity contribution in [2.24, 2.45) is 0 Å². The van der Waals surface area contributed by atoms with Gasteiger partial charge in [0, 0.05) is 6.16 Å². The fraction of sp³-hybridized carbons (Fsp3) is 0.409. The average Bonchev–Trinajstić information content (AvgIpc) is 3.26. The molecule has 0 spiro atoms. The highest BCUT2D eigenvalue weighted by molar-refractivity contribution is 7.58. The van der Waals surface area contributed by atoms with Crippen LogP contribution in [0.3, 0.4) is 0 Å². The van der Waals surface area contributed by atoms with Gasteiger partial charge in [-0.1, -0.05) is 24.1 Å². The first kappa shape index (κ1) is 45.0. The van der Waals surface area contributed by atoms with E-state index < -0.39 is 38.1 Å². The predicted molar refractivity (Wildman–Crippen MR) is 220 cm³/mol. The Hall–Kier alpha value is -5.13. The minimum Gasteiger partial charge on any atom is -0.497 e. The van der Waals surface area contributed by atoms with Gasteiger partial charge in [0.05, 0.1) is 81.9 Å². The second-order valence-corrected chi connectivity index (χ2v) is 15.9. The molecule has 318 valence electrons. The lowest BCUT2D eigenvalue weighted by atomic mass is 9.96. The van der Waals surface area contributed by atoms with Crippen LogP contribution in [0.4, 0.5) is 0 Å². The first-order valence-corrected chi connectivity index (χ1v) is 20.8. The fourth-order valence-corrected chi connectivity index (χ4v) is 7.70. The van der Waals surface area contributed by atoms with Crippen LogP contribution in [0.2, 0.25) is 0 Å². The molecule has 1 aliphatic rings. The Morgan fingerprint density at radius 2 is 1.00 bits per heavy atom. The van der Waals surface area contributed by atoms with Gasteiger partial charge in [0.15, 0.2) is 34.5 Å². The summed E-state index contributed by atoms with van der Waals surface area (Å²) in [5, 5.41) is 0. The minimum absolute atomic E-state index is 0.0765. The molecular formula is C44H53O14P. The van der Waals surface area contributed by atoms with Crippen molar-refractivity contribution in [1.82, 2.24) is 0 Å². The summed E-state index contributed by atoms with van der Waals surface area (Å²) in [6, 6.07) is 23.4. The van der Waals surface area contributed by atoms with E-state index in [0.717, 1.165) is 16.7 Å². The van der Waals surface area contributed by atoms with Gasteiger partial charge in [0.2, 0.25) is 13.7 Å². The second kappa shape index (κ2) is 21.8. The molecule has 1 heterocycles. The smallest absolute Gasteiger partial charge is 0.229 e. The third-order valence-electron chi connectivity index (χ3n) is 9.68. The van der Waals surface area contributed by atoms with E-state index in [4.69, 9.17) is 63.3 Å². The van der Waals surface area contributed by atoms with E-state index in [0.29, 0.717) is 46.0 Å². The van der Waals surface area contributed by atoms with Crippen LogP contribution in [0, 0.1) is 12.3 Å². The molecule has 4 aromatic rings. The first-order chi connectivity index (χ1) is 28.6. The third-order valence-corrected chi connectivity index (χ3v) is 11.3. The highest BCUT2D eigenvalue weighted by Gasteiger charge is 2.50. The molecule has 0 bridgehead atoms. The van der Waals surface area contributed by atoms with E-state index in [1.165, 1.54) is 0 Å². The Labute approximate surface area is 345 Å². The standard InChI is InChI=1S/C44H53O14P/c1-9-21-59(45,46)22-20-37-41(54-26-29-10-17-34(48-3)38(23-29)51-6)42(55-27-30-11-18-35(49-4)39(24-30)52-7)43(44(58-37)57-33-15-13-32(47-2)14-16-33)56-28-31-12-19-36(50-5)40(25-31)53-8/h1,10-19,23-25,37,41-44H,20-22,26-28H2,2-8H3,(H,45,46)/t37-,41-,42+,43+,44?/m1/s1. The number of benzene rings is 4. The van der Waals surface area contributed by atoms with Gasteiger partial charge in [-0.3, -0.25) is 4.57 Å². The number of ether oxygens (including phenoxy) is 12. The molecule has 6 atom stereocenters. The normalized spacial score (nSPS) is 19.7. The van der Waals surface area contributed by atoms with Crippen molar-refractivity contribution < 1.29 is 66.3 Å². The quantitative estimate of drug-likeness (QED) is 0.0647. The summed E-state index contributed by atoms with van der Waals surface area (Å²) in [5.74, 6) is 6.65. The number of terminal acetylenes is 1. The van der Waals surface area contributed by atoms with Crippen molar-refractivity contribution in [3.05, 3.63) is 95.6 Å². The van der Waals surface area contributed by atoms with Crippen LogP contribution >= 0.6 is 7.37 Å². The van der Waals surface area contributed by atoms with Crippen LogP contribution in [0.5, 0.6) is 46.0 Å². The van der Waals surface area contributed by atoms with Gasteiger partial charge in [0.1, 0.15) is 29.8 Å². The zero-order chi connectivity index (χ0) is 42.4. The summed E-state index contributed by atoms with van der Waals surface area (Å²) < 4.78 is 85.2. The largest absolute Gasteiger partial charge is 0.497 e. The molecule has 5 rings (SSSR count). The third kappa shape index (κ3) is 12.0. The summed E-state index contributed by atoms with van der Waals surface area (Å²) in [4.78, 5) is 10.8. The maximum atomic E-state index is 13.2. The molecule has 14 nitrogen and oxygen atoms in total. The molecule has 1 aliphatic heterocycles. The average molecular weight is 837 g/mol. The lowest BCUT2D eigenvalue weighted by Gasteiger charge is -2.46. The molecule has 2 unspecified atom stereocenters. The summed E-state index contributed by atoms with van der Waals surface area (Å²) >= 11 is 0. The summed E-state index contributed by atoms with van der Waals surface area (Å²) in [6.45, 7) is 0.234. The van der Waals surface area contributed by atoms with Crippen LogP contribution in [0.15, 0.2) is 78.9 Å². The van der Waals surface area contributed by atoms with E-state index in [9.17, 15) is 9.46 Å². The second-order valence-electron chi connectivity index (χ2n) is 13.5. The van der Waals surface area contributed by atoms with Crippen molar-refractivity contribution in [3.8, 4) is 58.3 Å². The predicted octanol–water partition coefficient (Wildman–Crippen LogP) is 6.90. The van der Waals surface area contributed by atoms with Crippen LogP contribution in [-0.2, 0) is 43.3 Å². The highest BCUT2D eigenvalue weighted by atomic mass is 31.2. The van der Waals surface area contributed by atoms with Gasteiger partial charge in [-0.2, -0.15) is 0 Å². The molecule has 0 aliphatic carbocycles. The van der Waals surface area contributed by atoms with E-state index in [1.807, 2.05) is 36.4 Å². The molecular weight excluding hydrogens is 783 g/mol. The lowest BCUT2D eigenvalue weighted by Crippen LogP contribution is -2.61. The van der Waals surface area contributed by atoms with Gasteiger partial charge in [0.25, 0.3) is 0 Å². The summed E-state index contributed by atoms with van der Waals surface area (Å²) in [7, 11) is 7.20. The van der Waals surface area contributed by atoms with Gasteiger partial charge >= 0.3 is 0 Å². The Balaban J connectivity index is 1.58. The Morgan fingerprint density at radius 1 is 0.576 bits per heavy atom. The number of methoxy groups -OCH3 is 7. The Bertz CT molecular complexity index is 2030. The lowest BCUT2D eigenvalue weighted by molar-refractivity contribution is -0.304. The SMILES string of the molecule is C#CCP(=O)(O)CC[C@H]1OC(Oc2ccc(OC)cc2)[C@@H](OCc2ccc(OC)c(OC)c2)[C@@H](OCc2ccc(OC)c(OC)c2)[C@@H]1OCc1ccc(OC)c(OC)c1. The zero-order valence-corrected chi connectivity index (χ0v) is 35.3. The van der Waals surface area contributed by atoms with E-state index in [2.05, 4.69) is 5.92 Å². The van der Waals surface area contributed by atoms with Crippen molar-refractivity contribution in [3.63, 3.8) is 0 Å². The summed E-state index contributed by atoms with van der Waals surface area (Å²) in [5.41, 5.74) is 2.30. The minimum atomic E-state index is -3.74. The molecule has 0 amide bonds. The van der Waals surface area contributed by atoms with Crippen molar-refractivity contribution >= 4 is 7.37 Å². The molecule has 4 aromatic carbocycles. The molecule has 1 saturated heterocycles. The van der Waals surface area contributed by atoms with Crippen LogP contribution in [-0.4, -0.2) is 97.7 Å². The summed E-state index contributed by atoms with van der Waals surface area (Å²) in [6.07, 6.45) is 0.459. The molecule has 15 heteroatoms. The van der Waals surface area contributed by atoms with Gasteiger partial charge in [-0.25, -0.2) is 0 Å². The molecule has 0 radical (unpaired) electrons. The van der Waals surface area contributed by atoms with E-state index >= 15 is 0 Å². The van der Waals surface area contributed by atoms with E-state index in [-0.39, 0.29) is 38.6 Å². The number of hydrogen-bond donors (Lipinski definition) is 1. The first-order valence-electron chi connectivity index (χ1n) is 18.8.